The van der Waals surface area contributed by atoms with E-state index < -0.39 is 0 Å². The molecule has 1 fully saturated rings. The van der Waals surface area contributed by atoms with Gasteiger partial charge in [-0.3, -0.25) is 14.8 Å². The van der Waals surface area contributed by atoms with Crippen LogP contribution >= 0.6 is 23.5 Å². The van der Waals surface area contributed by atoms with Gasteiger partial charge < -0.3 is 25.7 Å². The molecule has 194 valence electrons. The zero-order valence-electron chi connectivity index (χ0n) is 20.9. The number of H-pyrrole nitrogens is 1. The normalized spacial score (nSPS) is 15.5. The van der Waals surface area contributed by atoms with E-state index in [1.54, 1.807) is 42.0 Å². The van der Waals surface area contributed by atoms with Crippen LogP contribution in [0.4, 0.5) is 11.4 Å². The van der Waals surface area contributed by atoms with Gasteiger partial charge in [-0.15, -0.1) is 0 Å². The second kappa shape index (κ2) is 10.8. The number of pyridine rings is 1. The highest BCUT2D eigenvalue weighted by molar-refractivity contribution is 8.05. The van der Waals surface area contributed by atoms with Gasteiger partial charge in [0.1, 0.15) is 0 Å². The van der Waals surface area contributed by atoms with Crippen molar-refractivity contribution in [2.24, 2.45) is 5.73 Å². The van der Waals surface area contributed by atoms with E-state index in [0.717, 1.165) is 56.9 Å². The summed E-state index contributed by atoms with van der Waals surface area (Å²) in [5.41, 5.74) is 11.4. The van der Waals surface area contributed by atoms with Crippen molar-refractivity contribution in [2.45, 2.75) is 32.5 Å². The van der Waals surface area contributed by atoms with Gasteiger partial charge in [0.2, 0.25) is 5.56 Å². The van der Waals surface area contributed by atoms with Crippen molar-refractivity contribution in [1.82, 2.24) is 15.0 Å². The lowest BCUT2D eigenvalue weighted by Crippen LogP contribution is -2.36. The maximum Gasteiger partial charge on any atom is 0.250 e. The quantitative estimate of drug-likeness (QED) is 0.280. The van der Waals surface area contributed by atoms with Gasteiger partial charge in [0.15, 0.2) is 0 Å². The lowest BCUT2D eigenvalue weighted by molar-refractivity contribution is 0.122. The standard InChI is InChI=1S/C28H28N6O2S2/c1-17-15-31-23(16-30-17)22(14-29)32-18-5-6-24-26(11-18)37-25-4-2-3-20(28(25)38-24)21-12-19(13-27(35)33-21)34-7-9-36-10-8-34/h2-6,11-13,15-16,22,32H,7-10,14,29H2,1H3,(H,33,35). The Morgan fingerprint density at radius 1 is 1.05 bits per heavy atom. The van der Waals surface area contributed by atoms with Crippen LogP contribution in [0.15, 0.2) is 85.3 Å². The first kappa shape index (κ1) is 25.0. The Morgan fingerprint density at radius 3 is 2.71 bits per heavy atom. The first-order valence-corrected chi connectivity index (χ1v) is 14.2. The lowest BCUT2D eigenvalue weighted by atomic mass is 10.1. The number of hydrogen-bond donors (Lipinski definition) is 3. The fourth-order valence-electron chi connectivity index (χ4n) is 4.62. The van der Waals surface area contributed by atoms with Gasteiger partial charge in [0, 0.05) is 68.4 Å². The van der Waals surface area contributed by atoms with Crippen LogP contribution in [0.1, 0.15) is 17.4 Å². The molecule has 2 aliphatic rings. The molecule has 4 heterocycles. The second-order valence-electron chi connectivity index (χ2n) is 9.23. The van der Waals surface area contributed by atoms with E-state index in [-0.39, 0.29) is 11.6 Å². The van der Waals surface area contributed by atoms with E-state index in [2.05, 4.69) is 67.6 Å². The largest absolute Gasteiger partial charge is 0.378 e. The summed E-state index contributed by atoms with van der Waals surface area (Å²) in [6.07, 6.45) is 3.54. The highest BCUT2D eigenvalue weighted by Gasteiger charge is 2.23. The zero-order chi connectivity index (χ0) is 26.1. The molecule has 1 saturated heterocycles. The monoisotopic (exact) mass is 544 g/mol. The molecular weight excluding hydrogens is 516 g/mol. The molecular formula is C28H28N6O2S2. The number of rotatable bonds is 6. The third-order valence-corrected chi connectivity index (χ3v) is 9.18. The molecule has 2 aromatic heterocycles. The zero-order valence-corrected chi connectivity index (χ0v) is 22.6. The van der Waals surface area contributed by atoms with Gasteiger partial charge in [0.25, 0.3) is 0 Å². The molecule has 8 nitrogen and oxygen atoms in total. The van der Waals surface area contributed by atoms with Crippen LogP contribution < -0.4 is 21.5 Å². The van der Waals surface area contributed by atoms with Gasteiger partial charge >= 0.3 is 0 Å². The molecule has 38 heavy (non-hydrogen) atoms. The fraction of sp³-hybridized carbons (Fsp3) is 0.250. The van der Waals surface area contributed by atoms with Crippen LogP contribution in [0, 0.1) is 6.92 Å². The molecule has 0 amide bonds. The van der Waals surface area contributed by atoms with Crippen LogP contribution in [0.2, 0.25) is 0 Å². The molecule has 2 aromatic carbocycles. The Bertz CT molecular complexity index is 1520. The maximum absolute atomic E-state index is 12.6. The van der Waals surface area contributed by atoms with Gasteiger partial charge in [-0.05, 0) is 37.3 Å². The van der Waals surface area contributed by atoms with Crippen LogP contribution in [0.3, 0.4) is 0 Å². The summed E-state index contributed by atoms with van der Waals surface area (Å²) in [6, 6.07) is 16.3. The summed E-state index contributed by atoms with van der Waals surface area (Å²) in [5.74, 6) is 0. The highest BCUT2D eigenvalue weighted by atomic mass is 32.2. The van der Waals surface area contributed by atoms with Gasteiger partial charge in [-0.2, -0.15) is 0 Å². The Hall–Kier alpha value is -3.31. The summed E-state index contributed by atoms with van der Waals surface area (Å²) in [4.78, 5) is 31.4. The summed E-state index contributed by atoms with van der Waals surface area (Å²) in [5, 5.41) is 3.52. The average molecular weight is 545 g/mol. The number of benzene rings is 2. The SMILES string of the molecule is Cc1cnc(C(CN)Nc2ccc3c(c2)Sc2cccc(-c4cc(N5CCOCC5)cc(=O)[nH]4)c2S3)cn1. The van der Waals surface area contributed by atoms with Crippen LogP contribution in [-0.4, -0.2) is 47.8 Å². The Labute approximate surface area is 229 Å². The molecule has 2 aliphatic heterocycles. The number of morpholine rings is 1. The molecule has 6 rings (SSSR count). The molecule has 0 radical (unpaired) electrons. The van der Waals surface area contributed by atoms with E-state index in [1.165, 1.54) is 9.79 Å². The molecule has 0 saturated carbocycles. The Morgan fingerprint density at radius 2 is 1.92 bits per heavy atom. The number of nitrogens with zero attached hydrogens (tertiary/aromatic N) is 3. The minimum atomic E-state index is -0.128. The molecule has 4 N–H and O–H groups in total. The van der Waals surface area contributed by atoms with Crippen molar-refractivity contribution in [1.29, 1.82) is 0 Å². The molecule has 1 atom stereocenters. The molecule has 10 heteroatoms. The van der Waals surface area contributed by atoms with Crippen molar-refractivity contribution in [2.75, 3.05) is 43.1 Å². The van der Waals surface area contributed by atoms with Crippen LogP contribution in [0.25, 0.3) is 11.3 Å². The number of aromatic nitrogens is 3. The maximum atomic E-state index is 12.6. The van der Waals surface area contributed by atoms with Crippen molar-refractivity contribution < 1.29 is 4.74 Å². The minimum Gasteiger partial charge on any atom is -0.378 e. The molecule has 0 spiro atoms. The van der Waals surface area contributed by atoms with E-state index in [9.17, 15) is 4.79 Å². The summed E-state index contributed by atoms with van der Waals surface area (Å²) >= 11 is 3.47. The van der Waals surface area contributed by atoms with E-state index >= 15 is 0 Å². The smallest absolute Gasteiger partial charge is 0.250 e. The first-order valence-electron chi connectivity index (χ1n) is 12.5. The summed E-state index contributed by atoms with van der Waals surface area (Å²) in [7, 11) is 0. The predicted octanol–water partition coefficient (Wildman–Crippen LogP) is 4.70. The van der Waals surface area contributed by atoms with E-state index in [4.69, 9.17) is 10.5 Å². The van der Waals surface area contributed by atoms with Crippen molar-refractivity contribution in [3.63, 3.8) is 0 Å². The minimum absolute atomic E-state index is 0.0982. The van der Waals surface area contributed by atoms with E-state index in [0.29, 0.717) is 19.8 Å². The number of hydrogen-bond acceptors (Lipinski definition) is 9. The number of aromatic amines is 1. The number of ether oxygens (including phenoxy) is 1. The topological polar surface area (TPSA) is 109 Å². The molecule has 0 bridgehead atoms. The van der Waals surface area contributed by atoms with Crippen molar-refractivity contribution in [3.8, 4) is 11.3 Å². The fourth-order valence-corrected chi connectivity index (χ4v) is 7.03. The van der Waals surface area contributed by atoms with Gasteiger partial charge in [0.05, 0.1) is 42.5 Å². The van der Waals surface area contributed by atoms with Gasteiger partial charge in [-0.1, -0.05) is 35.7 Å². The molecule has 0 aliphatic carbocycles. The Kier molecular flexibility index (Phi) is 7.12. The second-order valence-corrected chi connectivity index (χ2v) is 11.4. The number of fused-ring (bicyclic) bond motifs is 2. The predicted molar refractivity (Wildman–Crippen MR) is 152 cm³/mol. The van der Waals surface area contributed by atoms with Crippen LogP contribution in [-0.2, 0) is 4.74 Å². The third-order valence-electron chi connectivity index (χ3n) is 6.58. The summed E-state index contributed by atoms with van der Waals surface area (Å²) in [6.45, 7) is 5.24. The van der Waals surface area contributed by atoms with Crippen molar-refractivity contribution in [3.05, 3.63) is 82.7 Å². The number of nitrogens with one attached hydrogen (secondary N) is 2. The highest BCUT2D eigenvalue weighted by Crippen LogP contribution is 2.52. The number of aryl methyl sites for hydroxylation is 1. The first-order chi connectivity index (χ1) is 18.6. The van der Waals surface area contributed by atoms with Gasteiger partial charge in [-0.25, -0.2) is 0 Å². The van der Waals surface area contributed by atoms with Crippen molar-refractivity contribution >= 4 is 34.9 Å². The van der Waals surface area contributed by atoms with E-state index in [1.807, 2.05) is 6.92 Å². The van der Waals surface area contributed by atoms with Crippen LogP contribution in [0.5, 0.6) is 0 Å². The molecule has 4 aromatic rings. The average Bonchev–Trinajstić information content (AvgIpc) is 2.95. The summed E-state index contributed by atoms with van der Waals surface area (Å²) < 4.78 is 5.49. The molecule has 1 unspecified atom stereocenters. The Balaban J connectivity index is 1.27. The third kappa shape index (κ3) is 5.17. The lowest BCUT2D eigenvalue weighted by Gasteiger charge is -2.29. The number of nitrogens with two attached hydrogens (primary N) is 1. The number of anilines is 2.